The van der Waals surface area contributed by atoms with E-state index in [1.54, 1.807) is 0 Å². The zero-order valence-corrected chi connectivity index (χ0v) is 11.5. The van der Waals surface area contributed by atoms with Gasteiger partial charge >= 0.3 is 0 Å². The summed E-state index contributed by atoms with van der Waals surface area (Å²) in [5, 5.41) is 21.4. The predicted octanol–water partition coefficient (Wildman–Crippen LogP) is 1.22. The predicted molar refractivity (Wildman–Crippen MR) is 68.8 cm³/mol. The first kappa shape index (κ1) is 16.9. The number of nitrogens with one attached hydrogen (secondary N) is 1. The fraction of sp³-hybridized carbons (Fsp3) is 0.846. The number of rotatable bonds is 9. The van der Waals surface area contributed by atoms with Gasteiger partial charge in [-0.1, -0.05) is 26.7 Å². The first-order valence-electron chi connectivity index (χ1n) is 6.42. The molecule has 5 heteroatoms. The molecule has 1 amide bonds. The molecular weight excluding hydrogens is 232 g/mol. The minimum atomic E-state index is -0.962. The van der Waals surface area contributed by atoms with Crippen LogP contribution in [0.25, 0.3) is 0 Å². The van der Waals surface area contributed by atoms with Crippen molar-refractivity contribution in [3.8, 4) is 6.07 Å². The number of aliphatic hydroxyl groups excluding tert-OH is 1. The largest absolute Gasteiger partial charge is 0.389 e. The molecular formula is C13H24N2O3. The molecule has 5 nitrogen and oxygen atoms in total. The number of methoxy groups -OCH3 is 1. The SMILES string of the molecule is CCCC(C#N)(CCC)C(=O)NCC(O)COC. The van der Waals surface area contributed by atoms with Crippen molar-refractivity contribution in [1.29, 1.82) is 5.26 Å². The lowest BCUT2D eigenvalue weighted by Gasteiger charge is -2.25. The van der Waals surface area contributed by atoms with Gasteiger partial charge in [-0.3, -0.25) is 4.79 Å². The van der Waals surface area contributed by atoms with E-state index >= 15 is 0 Å². The normalized spacial score (nSPS) is 12.8. The van der Waals surface area contributed by atoms with Crippen LogP contribution in [0.5, 0.6) is 0 Å². The molecule has 18 heavy (non-hydrogen) atoms. The third kappa shape index (κ3) is 5.03. The number of nitriles is 1. The minimum absolute atomic E-state index is 0.115. The van der Waals surface area contributed by atoms with Crippen molar-refractivity contribution in [1.82, 2.24) is 5.32 Å². The average molecular weight is 256 g/mol. The molecule has 0 aliphatic rings. The van der Waals surface area contributed by atoms with Gasteiger partial charge in [0.05, 0.1) is 18.8 Å². The van der Waals surface area contributed by atoms with Crippen LogP contribution in [0.15, 0.2) is 0 Å². The molecule has 1 atom stereocenters. The summed E-state index contributed by atoms with van der Waals surface area (Å²) in [5.41, 5.74) is -0.962. The van der Waals surface area contributed by atoms with Crippen molar-refractivity contribution in [2.75, 3.05) is 20.3 Å². The molecule has 0 aliphatic carbocycles. The molecule has 0 heterocycles. The van der Waals surface area contributed by atoms with Crippen molar-refractivity contribution < 1.29 is 14.6 Å². The smallest absolute Gasteiger partial charge is 0.240 e. The lowest BCUT2D eigenvalue weighted by Crippen LogP contribution is -2.43. The second kappa shape index (κ2) is 8.90. The third-order valence-electron chi connectivity index (χ3n) is 2.86. The van der Waals surface area contributed by atoms with Crippen molar-refractivity contribution in [2.45, 2.75) is 45.6 Å². The van der Waals surface area contributed by atoms with Gasteiger partial charge in [0.25, 0.3) is 0 Å². The van der Waals surface area contributed by atoms with E-state index in [0.29, 0.717) is 12.8 Å². The summed E-state index contributed by atoms with van der Waals surface area (Å²) in [6.45, 7) is 4.19. The zero-order chi connectivity index (χ0) is 14.0. The van der Waals surface area contributed by atoms with Crippen molar-refractivity contribution in [3.63, 3.8) is 0 Å². The van der Waals surface area contributed by atoms with E-state index in [4.69, 9.17) is 4.74 Å². The van der Waals surface area contributed by atoms with Gasteiger partial charge in [-0.15, -0.1) is 0 Å². The number of hydrogen-bond acceptors (Lipinski definition) is 4. The Morgan fingerprint density at radius 3 is 2.39 bits per heavy atom. The van der Waals surface area contributed by atoms with E-state index in [1.165, 1.54) is 7.11 Å². The number of amides is 1. The minimum Gasteiger partial charge on any atom is -0.389 e. The number of carbonyl (C=O) groups is 1. The number of ether oxygens (including phenoxy) is 1. The summed E-state index contributed by atoms with van der Waals surface area (Å²) in [7, 11) is 1.48. The fourth-order valence-electron chi connectivity index (χ4n) is 2.00. The number of nitrogens with zero attached hydrogens (tertiary/aromatic N) is 1. The Morgan fingerprint density at radius 2 is 2.00 bits per heavy atom. The Hall–Kier alpha value is -1.12. The van der Waals surface area contributed by atoms with Gasteiger partial charge in [0.2, 0.25) is 5.91 Å². The van der Waals surface area contributed by atoms with Crippen LogP contribution in [0.4, 0.5) is 0 Å². The Balaban J connectivity index is 4.52. The van der Waals surface area contributed by atoms with Crippen molar-refractivity contribution in [3.05, 3.63) is 0 Å². The van der Waals surface area contributed by atoms with Crippen LogP contribution < -0.4 is 5.32 Å². The highest BCUT2D eigenvalue weighted by atomic mass is 16.5. The molecule has 0 spiro atoms. The number of hydrogen-bond donors (Lipinski definition) is 2. The van der Waals surface area contributed by atoms with Crippen molar-refractivity contribution in [2.24, 2.45) is 5.41 Å². The quantitative estimate of drug-likeness (QED) is 0.650. The average Bonchev–Trinajstić information content (AvgIpc) is 2.35. The summed E-state index contributed by atoms with van der Waals surface area (Å²) in [6, 6.07) is 2.15. The molecule has 0 aromatic carbocycles. The molecule has 0 bridgehead atoms. The van der Waals surface area contributed by atoms with Crippen LogP contribution in [-0.2, 0) is 9.53 Å². The summed E-state index contributed by atoms with van der Waals surface area (Å²) >= 11 is 0. The van der Waals surface area contributed by atoms with Crippen LogP contribution in [-0.4, -0.2) is 37.4 Å². The van der Waals surface area contributed by atoms with E-state index in [1.807, 2.05) is 13.8 Å². The molecule has 0 fully saturated rings. The molecule has 2 N–H and O–H groups in total. The third-order valence-corrected chi connectivity index (χ3v) is 2.86. The van der Waals surface area contributed by atoms with Crippen molar-refractivity contribution >= 4 is 5.91 Å². The first-order valence-corrected chi connectivity index (χ1v) is 6.42. The van der Waals surface area contributed by atoms with E-state index < -0.39 is 11.5 Å². The molecule has 0 radical (unpaired) electrons. The van der Waals surface area contributed by atoms with Crippen LogP contribution in [0.3, 0.4) is 0 Å². The highest BCUT2D eigenvalue weighted by Gasteiger charge is 2.36. The van der Waals surface area contributed by atoms with E-state index in [0.717, 1.165) is 12.8 Å². The Morgan fingerprint density at radius 1 is 1.44 bits per heavy atom. The summed E-state index contributed by atoms with van der Waals surface area (Å²) < 4.78 is 4.78. The lowest BCUT2D eigenvalue weighted by atomic mass is 9.80. The van der Waals surface area contributed by atoms with Gasteiger partial charge in [0, 0.05) is 13.7 Å². The summed E-state index contributed by atoms with van der Waals surface area (Å²) in [6.07, 6.45) is 1.91. The van der Waals surface area contributed by atoms with Gasteiger partial charge in [-0.2, -0.15) is 5.26 Å². The molecule has 0 rings (SSSR count). The maximum absolute atomic E-state index is 12.1. The van der Waals surface area contributed by atoms with Crippen LogP contribution in [0, 0.1) is 16.7 Å². The highest BCUT2D eigenvalue weighted by molar-refractivity contribution is 5.85. The van der Waals surface area contributed by atoms with E-state index in [-0.39, 0.29) is 19.1 Å². The Labute approximate surface area is 109 Å². The van der Waals surface area contributed by atoms with Gasteiger partial charge in [0.1, 0.15) is 5.41 Å². The second-order valence-corrected chi connectivity index (χ2v) is 4.51. The molecule has 0 saturated carbocycles. The summed E-state index contributed by atoms with van der Waals surface area (Å²) in [5.74, 6) is -0.288. The van der Waals surface area contributed by atoms with Gasteiger partial charge in [-0.05, 0) is 12.8 Å². The Bertz CT molecular complexity index is 280. The maximum Gasteiger partial charge on any atom is 0.240 e. The van der Waals surface area contributed by atoms with Gasteiger partial charge in [-0.25, -0.2) is 0 Å². The van der Waals surface area contributed by atoms with Crippen LogP contribution in [0.2, 0.25) is 0 Å². The standard InChI is InChI=1S/C13H24N2O3/c1-4-6-13(10-14,7-5-2)12(17)15-8-11(16)9-18-3/h11,16H,4-9H2,1-3H3,(H,15,17). The van der Waals surface area contributed by atoms with E-state index in [2.05, 4.69) is 11.4 Å². The molecule has 0 aliphatic heterocycles. The van der Waals surface area contributed by atoms with E-state index in [9.17, 15) is 15.2 Å². The first-order chi connectivity index (χ1) is 8.56. The van der Waals surface area contributed by atoms with Crippen LogP contribution in [0.1, 0.15) is 39.5 Å². The fourth-order valence-corrected chi connectivity index (χ4v) is 2.00. The zero-order valence-electron chi connectivity index (χ0n) is 11.5. The highest BCUT2D eigenvalue weighted by Crippen LogP contribution is 2.29. The topological polar surface area (TPSA) is 82.4 Å². The maximum atomic E-state index is 12.1. The summed E-state index contributed by atoms with van der Waals surface area (Å²) in [4.78, 5) is 12.1. The molecule has 104 valence electrons. The second-order valence-electron chi connectivity index (χ2n) is 4.51. The number of carbonyl (C=O) groups excluding carboxylic acids is 1. The molecule has 1 unspecified atom stereocenters. The molecule has 0 aromatic heterocycles. The van der Waals surface area contributed by atoms with Gasteiger partial charge < -0.3 is 15.2 Å². The lowest BCUT2D eigenvalue weighted by molar-refractivity contribution is -0.129. The molecule has 0 aromatic rings. The monoisotopic (exact) mass is 256 g/mol. The number of aliphatic hydroxyl groups is 1. The van der Waals surface area contributed by atoms with Crippen LogP contribution >= 0.6 is 0 Å². The van der Waals surface area contributed by atoms with Gasteiger partial charge in [0.15, 0.2) is 0 Å². The Kier molecular flexibility index (Phi) is 8.34. The molecule has 0 saturated heterocycles.